The smallest absolute Gasteiger partial charge is 0.192 e. The molecule has 1 saturated carbocycles. The van der Waals surface area contributed by atoms with Gasteiger partial charge >= 0.3 is 0 Å². The van der Waals surface area contributed by atoms with Crippen LogP contribution in [0, 0.1) is 5.92 Å². The Morgan fingerprint density at radius 2 is 1.77 bits per heavy atom. The van der Waals surface area contributed by atoms with Crippen molar-refractivity contribution in [2.45, 2.75) is 96.0 Å². The zero-order valence-corrected chi connectivity index (χ0v) is 21.1. The quantitative estimate of drug-likeness (QED) is 0.632. The van der Waals surface area contributed by atoms with Crippen molar-refractivity contribution in [3.8, 4) is 0 Å². The molecule has 31 heavy (non-hydrogen) atoms. The van der Waals surface area contributed by atoms with Crippen molar-refractivity contribution in [1.29, 1.82) is 0 Å². The molecule has 5 atom stereocenters. The van der Waals surface area contributed by atoms with Gasteiger partial charge in [-0.3, -0.25) is 4.79 Å². The van der Waals surface area contributed by atoms with Crippen LogP contribution in [-0.4, -0.2) is 55.5 Å². The fraction of sp³-hybridized carbons (Fsp3) is 0.708. The van der Waals surface area contributed by atoms with E-state index in [0.29, 0.717) is 6.61 Å². The summed E-state index contributed by atoms with van der Waals surface area (Å²) in [6, 6.07) is 9.78. The molecule has 3 rings (SSSR count). The summed E-state index contributed by atoms with van der Waals surface area (Å²) in [5.41, 5.74) is -0.534. The molecule has 2 fully saturated rings. The summed E-state index contributed by atoms with van der Waals surface area (Å²) in [6.45, 7) is 16.2. The molecule has 1 aliphatic heterocycles. The van der Waals surface area contributed by atoms with Gasteiger partial charge in [0.05, 0.1) is 25.2 Å². The first kappa shape index (κ1) is 24.5. The third-order valence-electron chi connectivity index (χ3n) is 7.01. The maximum atomic E-state index is 12.8. The fourth-order valence-corrected chi connectivity index (χ4v) is 5.32. The molecule has 0 spiro atoms. The summed E-state index contributed by atoms with van der Waals surface area (Å²) in [6.07, 6.45) is -1.89. The first-order valence-electron chi connectivity index (χ1n) is 11.1. The van der Waals surface area contributed by atoms with Crippen molar-refractivity contribution in [1.82, 2.24) is 0 Å². The summed E-state index contributed by atoms with van der Waals surface area (Å²) in [5, 5.41) is 11.9. The Labute approximate surface area is 187 Å². The summed E-state index contributed by atoms with van der Waals surface area (Å²) < 4.78 is 24.9. The molecule has 0 bridgehead atoms. The molecule has 1 saturated heterocycles. The van der Waals surface area contributed by atoms with Gasteiger partial charge in [-0.15, -0.1) is 0 Å². The molecule has 1 heterocycles. The molecular formula is C24H38O6Si. The van der Waals surface area contributed by atoms with Crippen LogP contribution in [0.2, 0.25) is 18.1 Å². The van der Waals surface area contributed by atoms with Crippen molar-refractivity contribution >= 4 is 14.1 Å². The van der Waals surface area contributed by atoms with E-state index in [1.807, 2.05) is 44.2 Å². The number of fused-ring (bicyclic) bond motifs is 1. The molecule has 1 aromatic rings. The summed E-state index contributed by atoms with van der Waals surface area (Å²) in [5.74, 6) is -1.83. The maximum absolute atomic E-state index is 12.8. The van der Waals surface area contributed by atoms with Gasteiger partial charge in [-0.25, -0.2) is 0 Å². The highest BCUT2D eigenvalue weighted by atomic mass is 28.4. The van der Waals surface area contributed by atoms with Crippen molar-refractivity contribution in [2.75, 3.05) is 6.61 Å². The lowest BCUT2D eigenvalue weighted by molar-refractivity contribution is -0.211. The van der Waals surface area contributed by atoms with Crippen LogP contribution in [0.25, 0.3) is 0 Å². The lowest BCUT2D eigenvalue weighted by Gasteiger charge is -2.41. The molecule has 0 unspecified atom stereocenters. The maximum Gasteiger partial charge on any atom is 0.192 e. The van der Waals surface area contributed by atoms with Crippen LogP contribution in [0.1, 0.15) is 47.1 Å². The van der Waals surface area contributed by atoms with Crippen LogP contribution < -0.4 is 0 Å². The molecule has 1 N–H and O–H groups in total. The molecule has 7 heteroatoms. The highest BCUT2D eigenvalue weighted by Crippen LogP contribution is 2.50. The molecule has 0 radical (unpaired) electrons. The van der Waals surface area contributed by atoms with E-state index in [1.54, 1.807) is 0 Å². The average molecular weight is 451 g/mol. The number of hydrogen-bond donors (Lipinski definition) is 1. The summed E-state index contributed by atoms with van der Waals surface area (Å²) >= 11 is 0. The van der Waals surface area contributed by atoms with E-state index >= 15 is 0 Å². The van der Waals surface area contributed by atoms with E-state index in [2.05, 4.69) is 33.9 Å². The van der Waals surface area contributed by atoms with Gasteiger partial charge in [0.1, 0.15) is 23.6 Å². The Morgan fingerprint density at radius 3 is 2.32 bits per heavy atom. The van der Waals surface area contributed by atoms with Crippen LogP contribution in [0.4, 0.5) is 0 Å². The minimum atomic E-state index is -2.17. The summed E-state index contributed by atoms with van der Waals surface area (Å²) in [4.78, 5) is 12.8. The van der Waals surface area contributed by atoms with Gasteiger partial charge in [0.2, 0.25) is 0 Å². The van der Waals surface area contributed by atoms with E-state index in [1.165, 1.54) is 6.92 Å². The van der Waals surface area contributed by atoms with Crippen LogP contribution in [0.5, 0.6) is 0 Å². The fourth-order valence-electron chi connectivity index (χ4n) is 4.29. The molecule has 6 nitrogen and oxygen atoms in total. The predicted molar refractivity (Wildman–Crippen MR) is 121 cm³/mol. The standard InChI is InChI=1S/C24H38O6Si/c1-16(25)18-19(27-14-17-12-10-9-11-13-17)20-21(30-23(5,6)29-20)24(18,26)15-28-31(7,8)22(2,3)4/h9-13,18-21,26H,14-15H2,1-8H3/t18-,19-,20-,21-,24-/m0/s1. The van der Waals surface area contributed by atoms with Gasteiger partial charge in [0.25, 0.3) is 0 Å². The normalized spacial score (nSPS) is 32.8. The van der Waals surface area contributed by atoms with Gasteiger partial charge in [0, 0.05) is 0 Å². The van der Waals surface area contributed by atoms with E-state index in [0.717, 1.165) is 5.56 Å². The first-order valence-corrected chi connectivity index (χ1v) is 14.0. The third kappa shape index (κ3) is 4.82. The predicted octanol–water partition coefficient (Wildman–Crippen LogP) is 4.06. The highest BCUT2D eigenvalue weighted by molar-refractivity contribution is 6.74. The van der Waals surface area contributed by atoms with E-state index in [9.17, 15) is 9.90 Å². The minimum absolute atomic E-state index is 0.0134. The lowest BCUT2D eigenvalue weighted by atomic mass is 9.86. The molecule has 174 valence electrons. The molecule has 0 aromatic heterocycles. The number of carbonyl (C=O) groups excluding carboxylic acids is 1. The lowest BCUT2D eigenvalue weighted by Crippen LogP contribution is -2.55. The summed E-state index contributed by atoms with van der Waals surface area (Å²) in [7, 11) is -2.17. The van der Waals surface area contributed by atoms with E-state index in [4.69, 9.17) is 18.6 Å². The van der Waals surface area contributed by atoms with Crippen molar-refractivity contribution in [3.05, 3.63) is 35.9 Å². The van der Waals surface area contributed by atoms with E-state index in [-0.39, 0.29) is 17.4 Å². The van der Waals surface area contributed by atoms with Crippen LogP contribution in [-0.2, 0) is 30.0 Å². The Morgan fingerprint density at radius 1 is 1.16 bits per heavy atom. The highest BCUT2D eigenvalue weighted by Gasteiger charge is 2.68. The second-order valence-corrected chi connectivity index (χ2v) is 15.7. The minimum Gasteiger partial charge on any atom is -0.414 e. The SMILES string of the molecule is CC(=O)[C@H]1[C@H](OCc2ccccc2)[C@@H]2OC(C)(C)O[C@@H]2[C@]1(O)CO[Si](C)(C)C(C)(C)C. The molecule has 2 aliphatic rings. The van der Waals surface area contributed by atoms with Gasteiger partial charge < -0.3 is 23.7 Å². The van der Waals surface area contributed by atoms with Crippen LogP contribution in [0.15, 0.2) is 30.3 Å². The number of ketones is 1. The zero-order valence-electron chi connectivity index (χ0n) is 20.1. The number of hydrogen-bond acceptors (Lipinski definition) is 6. The van der Waals surface area contributed by atoms with Gasteiger partial charge in [-0.05, 0) is 44.5 Å². The largest absolute Gasteiger partial charge is 0.414 e. The topological polar surface area (TPSA) is 74.2 Å². The van der Waals surface area contributed by atoms with Crippen molar-refractivity contribution in [3.63, 3.8) is 0 Å². The average Bonchev–Trinajstić information content (AvgIpc) is 3.08. The van der Waals surface area contributed by atoms with Crippen LogP contribution >= 0.6 is 0 Å². The van der Waals surface area contributed by atoms with Gasteiger partial charge in [-0.1, -0.05) is 51.1 Å². The number of rotatable bonds is 7. The Bertz CT molecular complexity index is 787. The van der Waals surface area contributed by atoms with Crippen molar-refractivity contribution in [2.24, 2.45) is 5.92 Å². The third-order valence-corrected chi connectivity index (χ3v) is 11.5. The first-order chi connectivity index (χ1) is 14.2. The molecule has 1 aliphatic carbocycles. The zero-order chi connectivity index (χ0) is 23.2. The molecule has 1 aromatic carbocycles. The van der Waals surface area contributed by atoms with Gasteiger partial charge in [-0.2, -0.15) is 0 Å². The number of carbonyl (C=O) groups is 1. The van der Waals surface area contributed by atoms with Crippen LogP contribution in [0.3, 0.4) is 0 Å². The molecular weight excluding hydrogens is 412 g/mol. The number of ether oxygens (including phenoxy) is 3. The Kier molecular flexibility index (Phi) is 6.62. The Hall–Kier alpha value is -1.09. The van der Waals surface area contributed by atoms with Gasteiger partial charge in [0.15, 0.2) is 14.1 Å². The Balaban J connectivity index is 1.90. The second-order valence-electron chi connectivity index (χ2n) is 10.9. The van der Waals surface area contributed by atoms with Crippen molar-refractivity contribution < 1.29 is 28.5 Å². The number of aliphatic hydroxyl groups is 1. The number of benzene rings is 1. The second kappa shape index (κ2) is 8.36. The molecule has 0 amide bonds. The monoisotopic (exact) mass is 450 g/mol. The van der Waals surface area contributed by atoms with E-state index < -0.39 is 43.9 Å². The number of Topliss-reactive ketones (excluding diaryl/α,β-unsaturated/α-hetero) is 1.